The first-order valence-electron chi connectivity index (χ1n) is 7.71. The first-order chi connectivity index (χ1) is 11.6. The maximum atomic E-state index is 12.8. The number of aromatic nitrogens is 2. The van der Waals surface area contributed by atoms with Crippen molar-refractivity contribution in [2.24, 2.45) is 5.10 Å². The predicted octanol–water partition coefficient (Wildman–Crippen LogP) is 1.20. The lowest BCUT2D eigenvalue weighted by molar-refractivity contribution is -0.135. The molecule has 1 aliphatic rings. The van der Waals surface area contributed by atoms with Crippen LogP contribution >= 0.6 is 0 Å². The number of hydrogen-bond acceptors (Lipinski definition) is 6. The number of nitrogens with zero attached hydrogens (tertiary/aromatic N) is 4. The Balaban J connectivity index is 1.94. The number of esters is 1. The Morgan fingerprint density at radius 1 is 1.29 bits per heavy atom. The minimum absolute atomic E-state index is 0.147. The number of ether oxygens (including phenoxy) is 1. The molecule has 0 bridgehead atoms. The van der Waals surface area contributed by atoms with Crippen LogP contribution in [0.4, 0.5) is 5.69 Å². The van der Waals surface area contributed by atoms with Gasteiger partial charge in [0.15, 0.2) is 5.71 Å². The smallest absolute Gasteiger partial charge is 0.354 e. The summed E-state index contributed by atoms with van der Waals surface area (Å²) in [5.74, 6) is -0.499. The molecule has 0 aliphatic carbocycles. The standard InChI is InChI=1S/C17H18N4O3/c1-3-24-17(23)14-9-13-15(20(2)19-14)10-18-21(16(13)22)11-12-7-5-4-6-8-12/h4-8,10H,3,9,11H2,1-2H3. The van der Waals surface area contributed by atoms with Crippen molar-refractivity contribution in [2.75, 3.05) is 18.7 Å². The van der Waals surface area contributed by atoms with Crippen LogP contribution in [0.5, 0.6) is 0 Å². The Morgan fingerprint density at radius 2 is 2.04 bits per heavy atom. The van der Waals surface area contributed by atoms with Crippen LogP contribution in [0.3, 0.4) is 0 Å². The molecule has 24 heavy (non-hydrogen) atoms. The van der Waals surface area contributed by atoms with Crippen LogP contribution in [0.25, 0.3) is 0 Å². The number of carbonyl (C=O) groups excluding carboxylic acids is 1. The summed E-state index contributed by atoms with van der Waals surface area (Å²) in [6.07, 6.45) is 1.75. The minimum Gasteiger partial charge on any atom is -0.461 e. The second-order valence-corrected chi connectivity index (χ2v) is 5.42. The Kier molecular flexibility index (Phi) is 4.41. The van der Waals surface area contributed by atoms with Crippen LogP contribution < -0.4 is 10.6 Å². The second kappa shape index (κ2) is 6.66. The van der Waals surface area contributed by atoms with Crippen LogP contribution in [0, 0.1) is 0 Å². The van der Waals surface area contributed by atoms with E-state index in [0.29, 0.717) is 17.8 Å². The van der Waals surface area contributed by atoms with Crippen molar-refractivity contribution < 1.29 is 9.53 Å². The molecular formula is C17H18N4O3. The van der Waals surface area contributed by atoms with E-state index in [1.54, 1.807) is 20.2 Å². The third-order valence-electron chi connectivity index (χ3n) is 3.77. The van der Waals surface area contributed by atoms with E-state index in [1.165, 1.54) is 9.69 Å². The number of anilines is 1. The van der Waals surface area contributed by atoms with Gasteiger partial charge in [-0.2, -0.15) is 10.2 Å². The monoisotopic (exact) mass is 326 g/mol. The molecule has 3 rings (SSSR count). The fourth-order valence-corrected chi connectivity index (χ4v) is 2.60. The third-order valence-corrected chi connectivity index (χ3v) is 3.77. The van der Waals surface area contributed by atoms with Crippen LogP contribution in [-0.4, -0.2) is 35.1 Å². The highest BCUT2D eigenvalue weighted by molar-refractivity contribution is 6.37. The van der Waals surface area contributed by atoms with E-state index in [2.05, 4.69) is 10.2 Å². The predicted molar refractivity (Wildman–Crippen MR) is 90.2 cm³/mol. The molecule has 7 heteroatoms. The van der Waals surface area contributed by atoms with Gasteiger partial charge < -0.3 is 4.74 Å². The van der Waals surface area contributed by atoms with Gasteiger partial charge in [-0.15, -0.1) is 0 Å². The summed E-state index contributed by atoms with van der Waals surface area (Å²) in [5.41, 5.74) is 2.09. The minimum atomic E-state index is -0.499. The summed E-state index contributed by atoms with van der Waals surface area (Å²) < 4.78 is 6.39. The average molecular weight is 326 g/mol. The average Bonchev–Trinajstić information content (AvgIpc) is 2.59. The van der Waals surface area contributed by atoms with E-state index >= 15 is 0 Å². The van der Waals surface area contributed by atoms with Crippen molar-refractivity contribution in [1.82, 2.24) is 9.78 Å². The summed E-state index contributed by atoms with van der Waals surface area (Å²) in [4.78, 5) is 24.7. The van der Waals surface area contributed by atoms with Crippen LogP contribution in [0.2, 0.25) is 0 Å². The Morgan fingerprint density at radius 3 is 2.75 bits per heavy atom. The van der Waals surface area contributed by atoms with Crippen molar-refractivity contribution in [2.45, 2.75) is 19.9 Å². The first-order valence-corrected chi connectivity index (χ1v) is 7.71. The Hall–Kier alpha value is -2.96. The second-order valence-electron chi connectivity index (χ2n) is 5.42. The third kappa shape index (κ3) is 3.05. The molecule has 0 unspecified atom stereocenters. The van der Waals surface area contributed by atoms with Crippen molar-refractivity contribution in [3.8, 4) is 0 Å². The number of benzene rings is 1. The van der Waals surface area contributed by atoms with Gasteiger partial charge in [-0.05, 0) is 12.5 Å². The van der Waals surface area contributed by atoms with Gasteiger partial charge in [0.2, 0.25) is 0 Å². The number of hydrazone groups is 1. The highest BCUT2D eigenvalue weighted by atomic mass is 16.5. The molecule has 0 saturated heterocycles. The zero-order chi connectivity index (χ0) is 17.1. The van der Waals surface area contributed by atoms with E-state index in [1.807, 2.05) is 30.3 Å². The van der Waals surface area contributed by atoms with Gasteiger partial charge in [-0.1, -0.05) is 30.3 Å². The maximum absolute atomic E-state index is 12.8. The molecular weight excluding hydrogens is 308 g/mol. The normalized spacial score (nSPS) is 13.2. The lowest BCUT2D eigenvalue weighted by atomic mass is 10.1. The molecule has 1 aliphatic heterocycles. The lowest BCUT2D eigenvalue weighted by Gasteiger charge is -2.23. The maximum Gasteiger partial charge on any atom is 0.354 e. The van der Waals surface area contributed by atoms with Crippen LogP contribution in [-0.2, 0) is 22.5 Å². The zero-order valence-corrected chi connectivity index (χ0v) is 13.6. The SMILES string of the molecule is CCOC(=O)C1=NN(C)c2cnn(Cc3ccccc3)c(=O)c2C1. The van der Waals surface area contributed by atoms with Crippen molar-refractivity contribution in [3.63, 3.8) is 0 Å². The van der Waals surface area contributed by atoms with E-state index in [-0.39, 0.29) is 24.3 Å². The number of fused-ring (bicyclic) bond motifs is 1. The fourth-order valence-electron chi connectivity index (χ4n) is 2.60. The molecule has 1 aromatic heterocycles. The highest BCUT2D eigenvalue weighted by Crippen LogP contribution is 2.21. The van der Waals surface area contributed by atoms with Crippen molar-refractivity contribution >= 4 is 17.4 Å². The highest BCUT2D eigenvalue weighted by Gasteiger charge is 2.26. The van der Waals surface area contributed by atoms with Crippen molar-refractivity contribution in [3.05, 3.63) is 58.0 Å². The molecule has 2 aromatic rings. The number of hydrogen-bond donors (Lipinski definition) is 0. The summed E-state index contributed by atoms with van der Waals surface area (Å²) in [6, 6.07) is 9.62. The molecule has 7 nitrogen and oxygen atoms in total. The molecule has 0 amide bonds. The molecule has 0 fully saturated rings. The lowest BCUT2D eigenvalue weighted by Crippen LogP contribution is -2.36. The van der Waals surface area contributed by atoms with Crippen LogP contribution in [0.1, 0.15) is 18.1 Å². The van der Waals surface area contributed by atoms with Crippen molar-refractivity contribution in [1.29, 1.82) is 0 Å². The molecule has 2 heterocycles. The summed E-state index contributed by atoms with van der Waals surface area (Å²) in [7, 11) is 1.68. The molecule has 124 valence electrons. The fraction of sp³-hybridized carbons (Fsp3) is 0.294. The quantitative estimate of drug-likeness (QED) is 0.789. The molecule has 0 radical (unpaired) electrons. The summed E-state index contributed by atoms with van der Waals surface area (Å²) in [5, 5.41) is 9.90. The Bertz CT molecular complexity index is 843. The van der Waals surface area contributed by atoms with Gasteiger partial charge in [-0.3, -0.25) is 9.80 Å². The van der Waals surface area contributed by atoms with E-state index in [4.69, 9.17) is 4.74 Å². The number of rotatable bonds is 4. The van der Waals surface area contributed by atoms with Gasteiger partial charge in [0.25, 0.3) is 5.56 Å². The van der Waals surface area contributed by atoms with E-state index in [9.17, 15) is 9.59 Å². The molecule has 0 N–H and O–H groups in total. The molecule has 1 aromatic carbocycles. The van der Waals surface area contributed by atoms with Crippen LogP contribution in [0.15, 0.2) is 46.4 Å². The largest absolute Gasteiger partial charge is 0.461 e. The van der Waals surface area contributed by atoms with Gasteiger partial charge >= 0.3 is 5.97 Å². The molecule has 0 saturated carbocycles. The van der Waals surface area contributed by atoms with E-state index < -0.39 is 5.97 Å². The first kappa shape index (κ1) is 15.9. The van der Waals surface area contributed by atoms with Gasteiger partial charge in [0, 0.05) is 13.5 Å². The van der Waals surface area contributed by atoms with Gasteiger partial charge in [0.05, 0.1) is 30.6 Å². The zero-order valence-electron chi connectivity index (χ0n) is 13.6. The molecule has 0 spiro atoms. The van der Waals surface area contributed by atoms with E-state index in [0.717, 1.165) is 5.56 Å². The molecule has 0 atom stereocenters. The van der Waals surface area contributed by atoms with Gasteiger partial charge in [0.1, 0.15) is 0 Å². The van der Waals surface area contributed by atoms with Gasteiger partial charge in [-0.25, -0.2) is 9.48 Å². The Labute approximate surface area is 139 Å². The summed E-state index contributed by atoms with van der Waals surface area (Å²) in [6.45, 7) is 2.38. The number of carbonyl (C=O) groups is 1. The topological polar surface area (TPSA) is 76.8 Å². The summed E-state index contributed by atoms with van der Waals surface area (Å²) >= 11 is 0.